The molecule has 0 saturated carbocycles. The fraction of sp³-hybridized carbons (Fsp3) is 0. The number of fused-ring (bicyclic) bond motifs is 4. The van der Waals surface area contributed by atoms with Crippen molar-refractivity contribution in [1.29, 1.82) is 0 Å². The Kier molecular flexibility index (Phi) is 4.00. The zero-order valence-electron chi connectivity index (χ0n) is 11.5. The van der Waals surface area contributed by atoms with Gasteiger partial charge in [0.1, 0.15) is 22.5 Å². The van der Waals surface area contributed by atoms with E-state index in [1.54, 1.807) is 24.3 Å². The number of hydrogen-bond acceptors (Lipinski definition) is 6. The molecular weight excluding hydrogens is 323 g/mol. The summed E-state index contributed by atoms with van der Waals surface area (Å²) in [6.45, 7) is 0. The van der Waals surface area contributed by atoms with E-state index >= 15 is 0 Å². The molecule has 0 bridgehead atoms. The minimum absolute atomic E-state index is 0. The number of pyridine rings is 1. The van der Waals surface area contributed by atoms with Crippen LogP contribution in [-0.4, -0.2) is 55.7 Å². The number of aromatic hydroxyl groups is 1. The van der Waals surface area contributed by atoms with E-state index in [1.165, 1.54) is 6.07 Å². The van der Waals surface area contributed by atoms with Gasteiger partial charge >= 0.3 is 35.5 Å². The topological polar surface area (TPSA) is 114 Å². The molecule has 1 aliphatic carbocycles. The summed E-state index contributed by atoms with van der Waals surface area (Å²) in [7, 11) is 0. The van der Waals surface area contributed by atoms with Crippen LogP contribution in [0.3, 0.4) is 0 Å². The molecule has 0 radical (unpaired) electrons. The number of carboxylic acid groups (broad SMARTS) is 1. The summed E-state index contributed by atoms with van der Waals surface area (Å²) in [6, 6.07) is 9.17. The number of benzene rings is 2. The third-order valence-electron chi connectivity index (χ3n) is 3.50. The van der Waals surface area contributed by atoms with E-state index in [-0.39, 0.29) is 57.7 Å². The Hall–Kier alpha value is -2.48. The molecule has 0 amide bonds. The van der Waals surface area contributed by atoms with E-state index in [1.807, 2.05) is 0 Å². The molecule has 0 spiro atoms. The predicted molar refractivity (Wildman–Crippen MR) is 88.0 cm³/mol. The van der Waals surface area contributed by atoms with Gasteiger partial charge in [0.05, 0.1) is 5.39 Å². The van der Waals surface area contributed by atoms with Crippen molar-refractivity contribution in [3.8, 4) is 17.2 Å². The number of hydrogen-bond donors (Lipinski definition) is 2. The maximum atomic E-state index is 12.2. The molecule has 2 heterocycles. The Labute approximate surface area is 156 Å². The standard InChI is InChI=1S/C16H8N2O5.Na.H/c19-9-5-8(16(21)22)18-14-10(20)6-12-15(13(9)14)17-7-3-1-2-4-11(7)23-12;;/h1-6H,(H,18,19)(H,21,22);;. The summed E-state index contributed by atoms with van der Waals surface area (Å²) >= 11 is 0. The van der Waals surface area contributed by atoms with Crippen molar-refractivity contribution in [3.63, 3.8) is 0 Å². The Morgan fingerprint density at radius 3 is 2.62 bits per heavy atom. The number of para-hydroxylation sites is 2. The molecule has 4 rings (SSSR count). The first-order valence-corrected chi connectivity index (χ1v) is 6.64. The van der Waals surface area contributed by atoms with Crippen molar-refractivity contribution < 1.29 is 19.4 Å². The van der Waals surface area contributed by atoms with Crippen molar-refractivity contribution in [2.45, 2.75) is 0 Å². The van der Waals surface area contributed by atoms with Crippen LogP contribution in [0.2, 0.25) is 0 Å². The second kappa shape index (κ2) is 5.86. The average Bonchev–Trinajstić information content (AvgIpc) is 2.53. The summed E-state index contributed by atoms with van der Waals surface area (Å²) < 4.78 is 5.65. The van der Waals surface area contributed by atoms with Gasteiger partial charge in [-0.15, -0.1) is 0 Å². The van der Waals surface area contributed by atoms with Crippen LogP contribution in [-0.2, 0) is 0 Å². The fourth-order valence-corrected chi connectivity index (χ4v) is 2.50. The second-order valence-corrected chi connectivity index (χ2v) is 4.96. The van der Waals surface area contributed by atoms with Gasteiger partial charge in [0, 0.05) is 12.1 Å². The zero-order valence-corrected chi connectivity index (χ0v) is 11.5. The number of nitrogens with zero attached hydrogens (tertiary/aromatic N) is 2. The van der Waals surface area contributed by atoms with Gasteiger partial charge in [0.2, 0.25) is 5.43 Å². The van der Waals surface area contributed by atoms with E-state index in [2.05, 4.69) is 9.97 Å². The van der Waals surface area contributed by atoms with Crippen LogP contribution >= 0.6 is 0 Å². The van der Waals surface area contributed by atoms with Gasteiger partial charge in [0.25, 0.3) is 0 Å². The Balaban J connectivity index is 0.00000169. The maximum absolute atomic E-state index is 12.2. The molecule has 1 aliphatic heterocycles. The molecule has 1 aromatic heterocycles. The molecule has 24 heavy (non-hydrogen) atoms. The molecule has 2 N–H and O–H groups in total. The molecule has 0 unspecified atom stereocenters. The molecule has 2 aromatic rings. The average molecular weight is 332 g/mol. The number of rotatable bonds is 1. The Bertz CT molecular complexity index is 1140. The van der Waals surface area contributed by atoms with Crippen LogP contribution in [0.5, 0.6) is 5.75 Å². The monoisotopic (exact) mass is 332 g/mol. The van der Waals surface area contributed by atoms with Crippen LogP contribution in [0.15, 0.2) is 45.6 Å². The van der Waals surface area contributed by atoms with Crippen LogP contribution in [0.1, 0.15) is 10.5 Å². The molecule has 1 aromatic carbocycles. The van der Waals surface area contributed by atoms with Crippen molar-refractivity contribution >= 4 is 57.5 Å². The number of aromatic nitrogens is 2. The van der Waals surface area contributed by atoms with Gasteiger partial charge in [-0.2, -0.15) is 0 Å². The third kappa shape index (κ3) is 2.43. The van der Waals surface area contributed by atoms with E-state index in [0.29, 0.717) is 11.1 Å². The molecule has 2 aliphatic rings. The molecule has 0 fully saturated rings. The van der Waals surface area contributed by atoms with Crippen LogP contribution in [0.25, 0.3) is 33.5 Å². The normalized spacial score (nSPS) is 10.8. The fourth-order valence-electron chi connectivity index (χ4n) is 2.50. The predicted octanol–water partition coefficient (Wildman–Crippen LogP) is 1.60. The Morgan fingerprint density at radius 1 is 1.12 bits per heavy atom. The van der Waals surface area contributed by atoms with Gasteiger partial charge in [-0.1, -0.05) is 12.1 Å². The molecular formula is C16H9N2NaO5. The summed E-state index contributed by atoms with van der Waals surface area (Å²) in [5.74, 6) is -1.52. The van der Waals surface area contributed by atoms with Gasteiger partial charge in [-0.3, -0.25) is 4.79 Å². The number of aromatic carboxylic acids is 1. The first-order chi connectivity index (χ1) is 11.0. The molecule has 0 saturated heterocycles. The van der Waals surface area contributed by atoms with E-state index in [0.717, 1.165) is 6.07 Å². The summed E-state index contributed by atoms with van der Waals surface area (Å²) in [5, 5.41) is 19.3. The number of carbonyl (C=O) groups is 1. The van der Waals surface area contributed by atoms with E-state index in [4.69, 9.17) is 9.52 Å². The van der Waals surface area contributed by atoms with Gasteiger partial charge in [-0.25, -0.2) is 14.8 Å². The van der Waals surface area contributed by atoms with E-state index < -0.39 is 17.1 Å². The van der Waals surface area contributed by atoms with Crippen molar-refractivity contribution in [1.82, 2.24) is 9.97 Å². The zero-order chi connectivity index (χ0) is 16.1. The first-order valence-electron chi connectivity index (χ1n) is 6.64. The SMILES string of the molecule is O=C(O)c1cc(O)c2c3nc4ccccc4oc-3cc(=O)c2n1.[NaH]. The number of carboxylic acids is 1. The van der Waals surface area contributed by atoms with Crippen molar-refractivity contribution in [2.75, 3.05) is 0 Å². The molecule has 114 valence electrons. The van der Waals surface area contributed by atoms with Gasteiger partial charge in [-0.05, 0) is 12.1 Å². The quantitative estimate of drug-likeness (QED) is 0.309. The second-order valence-electron chi connectivity index (χ2n) is 4.96. The summed E-state index contributed by atoms with van der Waals surface area (Å²) in [5.41, 5.74) is 0.166. The van der Waals surface area contributed by atoms with Gasteiger partial charge < -0.3 is 14.6 Å². The molecule has 0 atom stereocenters. The van der Waals surface area contributed by atoms with Crippen molar-refractivity contribution in [3.05, 3.63) is 52.3 Å². The summed E-state index contributed by atoms with van der Waals surface area (Å²) in [4.78, 5) is 31.5. The third-order valence-corrected chi connectivity index (χ3v) is 3.50. The Morgan fingerprint density at radius 2 is 1.88 bits per heavy atom. The first kappa shape index (κ1) is 16.4. The molecule has 8 heteroatoms. The van der Waals surface area contributed by atoms with E-state index in [9.17, 15) is 14.7 Å². The summed E-state index contributed by atoms with van der Waals surface area (Å²) in [6.07, 6.45) is 0. The minimum atomic E-state index is -1.34. The van der Waals surface area contributed by atoms with Crippen LogP contribution in [0, 0.1) is 0 Å². The van der Waals surface area contributed by atoms with Crippen molar-refractivity contribution in [2.24, 2.45) is 0 Å². The van der Waals surface area contributed by atoms with Gasteiger partial charge in [0.15, 0.2) is 17.0 Å². The van der Waals surface area contributed by atoms with Crippen LogP contribution < -0.4 is 5.43 Å². The van der Waals surface area contributed by atoms with Crippen LogP contribution in [0.4, 0.5) is 0 Å². The molecule has 7 nitrogen and oxygen atoms in total.